The average molecular weight is 444 g/mol. The van der Waals surface area contributed by atoms with Gasteiger partial charge in [0.2, 0.25) is 10.0 Å². The van der Waals surface area contributed by atoms with Gasteiger partial charge in [-0.2, -0.15) is 4.31 Å². The van der Waals surface area contributed by atoms with Gasteiger partial charge >= 0.3 is 0 Å². The fourth-order valence-corrected chi connectivity index (χ4v) is 6.25. The maximum atomic E-state index is 13.6. The summed E-state index contributed by atoms with van der Waals surface area (Å²) in [4.78, 5) is 9.47. The number of hydrogen-bond acceptors (Lipinski definition) is 5. The van der Waals surface area contributed by atoms with Crippen molar-refractivity contribution in [3.05, 3.63) is 48.4 Å². The Morgan fingerprint density at radius 1 is 1.13 bits per heavy atom. The Kier molecular flexibility index (Phi) is 5.18. The second-order valence-electron chi connectivity index (χ2n) is 8.51. The van der Waals surface area contributed by atoms with Gasteiger partial charge in [-0.1, -0.05) is 18.9 Å². The maximum absolute atomic E-state index is 13.6. The van der Waals surface area contributed by atoms with Crippen LogP contribution in [0.15, 0.2) is 52.5 Å². The highest BCUT2D eigenvalue weighted by Gasteiger charge is 2.45. The van der Waals surface area contributed by atoms with Crippen LogP contribution in [0.1, 0.15) is 38.5 Å². The minimum atomic E-state index is -3.75. The molecule has 1 spiro atoms. The minimum absolute atomic E-state index is 0.00688. The molecule has 9 heteroatoms. The Bertz CT molecular complexity index is 1110. The van der Waals surface area contributed by atoms with Crippen LogP contribution in [0.3, 0.4) is 0 Å². The third-order valence-electron chi connectivity index (χ3n) is 6.52. The highest BCUT2D eigenvalue weighted by Crippen LogP contribution is 2.38. The topological polar surface area (TPSA) is 86.7 Å². The number of pyridine rings is 1. The van der Waals surface area contributed by atoms with Crippen molar-refractivity contribution in [3.63, 3.8) is 0 Å². The molecule has 2 fully saturated rings. The second kappa shape index (κ2) is 7.87. The van der Waals surface area contributed by atoms with E-state index < -0.39 is 21.4 Å². The Morgan fingerprint density at radius 2 is 1.90 bits per heavy atom. The number of nitrogens with zero attached hydrogens (tertiary/aromatic N) is 3. The quantitative estimate of drug-likeness (QED) is 0.757. The summed E-state index contributed by atoms with van der Waals surface area (Å²) < 4.78 is 41.2. The predicted molar refractivity (Wildman–Crippen MR) is 118 cm³/mol. The number of rotatable bonds is 3. The second-order valence-corrected chi connectivity index (χ2v) is 10.4. The van der Waals surface area contributed by atoms with Crippen LogP contribution in [-0.2, 0) is 10.0 Å². The lowest BCUT2D eigenvalue weighted by molar-refractivity contribution is 0.299. The van der Waals surface area contributed by atoms with Gasteiger partial charge in [0, 0.05) is 19.3 Å². The lowest BCUT2D eigenvalue weighted by atomic mass is 9.85. The zero-order chi connectivity index (χ0) is 21.5. The van der Waals surface area contributed by atoms with Crippen LogP contribution in [0.4, 0.5) is 15.9 Å². The summed E-state index contributed by atoms with van der Waals surface area (Å²) >= 11 is 0. The number of amidine groups is 1. The molecule has 1 saturated heterocycles. The predicted octanol–water partition coefficient (Wildman–Crippen LogP) is 3.62. The third kappa shape index (κ3) is 3.80. The number of fused-ring (bicyclic) bond motifs is 1. The standard InChI is InChI=1S/C22H26FN5O2S/c23-16-5-3-8-18(15-16)31(29,30)28-13-10-22(11-14-28)21(25-17-6-1-2-7-17)26-20-19(27-22)9-4-12-24-20/h3-5,8-9,12,15,17,27H,1-2,6-7,10-11,13-14H2,(H,24,25,26). The van der Waals surface area contributed by atoms with E-state index >= 15 is 0 Å². The van der Waals surface area contributed by atoms with Gasteiger partial charge in [-0.25, -0.2) is 17.8 Å². The number of piperidine rings is 1. The number of nitrogens with one attached hydrogen (secondary N) is 2. The van der Waals surface area contributed by atoms with E-state index in [1.165, 1.54) is 35.3 Å². The maximum Gasteiger partial charge on any atom is 0.243 e. The summed E-state index contributed by atoms with van der Waals surface area (Å²) in [6, 6.07) is 9.34. The van der Waals surface area contributed by atoms with Crippen LogP contribution in [0.5, 0.6) is 0 Å². The Hall–Kier alpha value is -2.52. The number of halogens is 1. The first-order valence-electron chi connectivity index (χ1n) is 10.8. The van der Waals surface area contributed by atoms with Gasteiger partial charge in [-0.3, -0.25) is 4.99 Å². The summed E-state index contributed by atoms with van der Waals surface area (Å²) in [5, 5.41) is 7.06. The van der Waals surface area contributed by atoms with Gasteiger partial charge < -0.3 is 10.6 Å². The molecule has 0 atom stereocenters. The summed E-state index contributed by atoms with van der Waals surface area (Å²) in [6.45, 7) is 0.652. The van der Waals surface area contributed by atoms with Crippen molar-refractivity contribution in [2.24, 2.45) is 4.99 Å². The Morgan fingerprint density at radius 3 is 2.65 bits per heavy atom. The van der Waals surface area contributed by atoms with Crippen LogP contribution in [0, 0.1) is 5.82 Å². The number of benzene rings is 1. The minimum Gasteiger partial charge on any atom is -0.370 e. The monoisotopic (exact) mass is 443 g/mol. The van der Waals surface area contributed by atoms with Crippen molar-refractivity contribution >= 4 is 27.4 Å². The van der Waals surface area contributed by atoms with Gasteiger partial charge in [0.1, 0.15) is 11.7 Å². The summed E-state index contributed by atoms with van der Waals surface area (Å²) in [7, 11) is -3.75. The van der Waals surface area contributed by atoms with Crippen LogP contribution in [0.25, 0.3) is 0 Å². The number of anilines is 2. The third-order valence-corrected chi connectivity index (χ3v) is 8.41. The first-order valence-corrected chi connectivity index (χ1v) is 12.2. The Labute approximate surface area is 181 Å². The van der Waals surface area contributed by atoms with E-state index in [9.17, 15) is 12.8 Å². The molecule has 1 saturated carbocycles. The Balaban J connectivity index is 1.42. The molecule has 0 bridgehead atoms. The van der Waals surface area contributed by atoms with Crippen molar-refractivity contribution in [1.29, 1.82) is 0 Å². The van der Waals surface area contributed by atoms with E-state index in [0.29, 0.717) is 32.0 Å². The van der Waals surface area contributed by atoms with Gasteiger partial charge in [0.15, 0.2) is 5.82 Å². The van der Waals surface area contributed by atoms with Crippen LogP contribution < -0.4 is 10.6 Å². The molecule has 1 aromatic heterocycles. The van der Waals surface area contributed by atoms with Crippen molar-refractivity contribution in [3.8, 4) is 0 Å². The summed E-state index contributed by atoms with van der Waals surface area (Å²) in [6.07, 6.45) is 7.41. The average Bonchev–Trinajstić information content (AvgIpc) is 3.28. The molecular formula is C22H26FN5O2S. The molecule has 2 aromatic rings. The zero-order valence-electron chi connectivity index (χ0n) is 17.2. The van der Waals surface area contributed by atoms with E-state index in [1.807, 2.05) is 12.1 Å². The summed E-state index contributed by atoms with van der Waals surface area (Å²) in [5.74, 6) is 1.05. The van der Waals surface area contributed by atoms with E-state index in [2.05, 4.69) is 15.6 Å². The SMILES string of the molecule is O=S(=O)(c1cccc(F)c1)N1CCC2(CC1)Nc1cccnc1NC2=NC1CCCC1. The molecule has 0 unspecified atom stereocenters. The van der Waals surface area contributed by atoms with Crippen molar-refractivity contribution in [2.45, 2.75) is 55.0 Å². The fraction of sp³-hybridized carbons (Fsp3) is 0.455. The molecule has 3 aliphatic rings. The molecule has 1 aliphatic carbocycles. The first kappa shape index (κ1) is 20.4. The number of aromatic nitrogens is 1. The molecular weight excluding hydrogens is 417 g/mol. The lowest BCUT2D eigenvalue weighted by Gasteiger charge is -2.46. The number of hydrogen-bond donors (Lipinski definition) is 2. The molecule has 0 radical (unpaired) electrons. The molecule has 7 nitrogen and oxygen atoms in total. The highest BCUT2D eigenvalue weighted by atomic mass is 32.2. The van der Waals surface area contributed by atoms with Gasteiger partial charge in [-0.15, -0.1) is 0 Å². The molecule has 31 heavy (non-hydrogen) atoms. The van der Waals surface area contributed by atoms with Crippen molar-refractivity contribution in [2.75, 3.05) is 23.7 Å². The molecule has 5 rings (SSSR count). The van der Waals surface area contributed by atoms with Gasteiger partial charge in [0.05, 0.1) is 22.2 Å². The zero-order valence-corrected chi connectivity index (χ0v) is 18.0. The number of aliphatic imine (C=N–C) groups is 1. The van der Waals surface area contributed by atoms with E-state index in [-0.39, 0.29) is 4.90 Å². The van der Waals surface area contributed by atoms with E-state index in [1.54, 1.807) is 6.20 Å². The largest absolute Gasteiger partial charge is 0.370 e. The molecule has 3 heterocycles. The molecule has 164 valence electrons. The van der Waals surface area contributed by atoms with Crippen LogP contribution in [0.2, 0.25) is 0 Å². The lowest BCUT2D eigenvalue weighted by Crippen LogP contribution is -2.59. The van der Waals surface area contributed by atoms with E-state index in [0.717, 1.165) is 36.2 Å². The van der Waals surface area contributed by atoms with Gasteiger partial charge in [0.25, 0.3) is 0 Å². The van der Waals surface area contributed by atoms with Crippen LogP contribution in [-0.4, -0.2) is 48.2 Å². The molecule has 1 aromatic carbocycles. The van der Waals surface area contributed by atoms with Crippen molar-refractivity contribution in [1.82, 2.24) is 9.29 Å². The molecule has 2 N–H and O–H groups in total. The van der Waals surface area contributed by atoms with Gasteiger partial charge in [-0.05, 0) is 56.0 Å². The summed E-state index contributed by atoms with van der Waals surface area (Å²) in [5.41, 5.74) is 0.432. The number of sulfonamides is 1. The normalized spacial score (nSPS) is 22.8. The first-order chi connectivity index (χ1) is 15.0. The molecule has 2 aliphatic heterocycles. The van der Waals surface area contributed by atoms with Crippen molar-refractivity contribution < 1.29 is 12.8 Å². The van der Waals surface area contributed by atoms with Crippen LogP contribution >= 0.6 is 0 Å². The molecule has 0 amide bonds. The fourth-order valence-electron chi connectivity index (χ4n) is 4.77. The van der Waals surface area contributed by atoms with E-state index in [4.69, 9.17) is 4.99 Å². The highest BCUT2D eigenvalue weighted by molar-refractivity contribution is 7.89. The smallest absolute Gasteiger partial charge is 0.243 e.